The van der Waals surface area contributed by atoms with Gasteiger partial charge in [0.1, 0.15) is 0 Å². The average Bonchev–Trinajstić information content (AvgIpc) is 2.69. The van der Waals surface area contributed by atoms with Crippen LogP contribution < -0.4 is 0 Å². The molecule has 1 aliphatic rings. The van der Waals surface area contributed by atoms with E-state index < -0.39 is 0 Å². The quantitative estimate of drug-likeness (QED) is 0.708. The van der Waals surface area contributed by atoms with Crippen LogP contribution in [0.4, 0.5) is 5.69 Å². The lowest BCUT2D eigenvalue weighted by Crippen LogP contribution is -2.02. The molecule has 1 aromatic rings. The lowest BCUT2D eigenvalue weighted by molar-refractivity contribution is 0.795. The van der Waals surface area contributed by atoms with E-state index in [-0.39, 0.29) is 5.92 Å². The molecule has 15 heavy (non-hydrogen) atoms. The monoisotopic (exact) mass is 218 g/mol. The van der Waals surface area contributed by atoms with Crippen LogP contribution >= 0.6 is 11.6 Å². The van der Waals surface area contributed by atoms with Crippen molar-refractivity contribution < 1.29 is 0 Å². The summed E-state index contributed by atoms with van der Waals surface area (Å²) in [7, 11) is 0. The van der Waals surface area contributed by atoms with E-state index in [4.69, 9.17) is 16.9 Å². The average molecular weight is 219 g/mol. The van der Waals surface area contributed by atoms with Crippen molar-refractivity contribution in [1.29, 1.82) is 5.26 Å². The Morgan fingerprint density at radius 1 is 1.33 bits per heavy atom. The normalized spacial score (nSPS) is 22.9. The Kier molecular flexibility index (Phi) is 3.03. The molecule has 0 radical (unpaired) electrons. The minimum atomic E-state index is 0.0145. The van der Waals surface area contributed by atoms with E-state index in [1.54, 1.807) is 0 Å². The van der Waals surface area contributed by atoms with Gasteiger partial charge in [0.05, 0.1) is 17.7 Å². The first-order valence-corrected chi connectivity index (χ1v) is 5.40. The molecule has 76 valence electrons. The summed E-state index contributed by atoms with van der Waals surface area (Å²) in [6.07, 6.45) is 2.97. The van der Waals surface area contributed by atoms with Crippen LogP contribution in [0.1, 0.15) is 19.3 Å². The van der Waals surface area contributed by atoms with Crippen molar-refractivity contribution >= 4 is 23.0 Å². The van der Waals surface area contributed by atoms with E-state index in [1.165, 1.54) is 0 Å². The van der Waals surface area contributed by atoms with Crippen LogP contribution in [0, 0.1) is 17.2 Å². The minimum absolute atomic E-state index is 0.0145. The van der Waals surface area contributed by atoms with Gasteiger partial charge in [-0.3, -0.25) is 4.99 Å². The van der Waals surface area contributed by atoms with Crippen LogP contribution in [0.15, 0.2) is 29.3 Å². The Bertz CT molecular complexity index is 414. The second-order valence-electron chi connectivity index (χ2n) is 3.65. The number of hydrogen-bond acceptors (Lipinski definition) is 2. The fraction of sp³-hybridized carbons (Fsp3) is 0.333. The zero-order valence-corrected chi connectivity index (χ0v) is 9.04. The summed E-state index contributed by atoms with van der Waals surface area (Å²) in [4.78, 5) is 4.49. The van der Waals surface area contributed by atoms with Gasteiger partial charge in [-0.1, -0.05) is 11.6 Å². The first kappa shape index (κ1) is 10.2. The summed E-state index contributed by atoms with van der Waals surface area (Å²) in [5, 5.41) is 9.62. The predicted molar refractivity (Wildman–Crippen MR) is 61.5 cm³/mol. The van der Waals surface area contributed by atoms with Gasteiger partial charge in [0.2, 0.25) is 0 Å². The van der Waals surface area contributed by atoms with Gasteiger partial charge >= 0.3 is 0 Å². The molecule has 0 heterocycles. The van der Waals surface area contributed by atoms with E-state index >= 15 is 0 Å². The van der Waals surface area contributed by atoms with Crippen LogP contribution in [0.25, 0.3) is 0 Å². The number of aliphatic imine (C=N–C) groups is 1. The largest absolute Gasteiger partial charge is 0.256 e. The van der Waals surface area contributed by atoms with Gasteiger partial charge in [0.25, 0.3) is 0 Å². The smallest absolute Gasteiger partial charge is 0.0846 e. The molecule has 1 aromatic carbocycles. The maximum Gasteiger partial charge on any atom is 0.0846 e. The molecule has 0 bridgehead atoms. The Labute approximate surface area is 94.2 Å². The Morgan fingerprint density at radius 2 is 2.07 bits per heavy atom. The number of nitrogens with zero attached hydrogens (tertiary/aromatic N) is 2. The second kappa shape index (κ2) is 4.46. The van der Waals surface area contributed by atoms with E-state index in [9.17, 15) is 0 Å². The van der Waals surface area contributed by atoms with Crippen molar-refractivity contribution in [2.24, 2.45) is 10.9 Å². The van der Waals surface area contributed by atoms with Gasteiger partial charge in [-0.2, -0.15) is 5.26 Å². The number of rotatable bonds is 1. The van der Waals surface area contributed by atoms with Crippen LogP contribution in [-0.2, 0) is 0 Å². The molecule has 0 aromatic heterocycles. The summed E-state index contributed by atoms with van der Waals surface area (Å²) >= 11 is 5.78. The molecule has 0 saturated heterocycles. The highest BCUT2D eigenvalue weighted by molar-refractivity contribution is 6.30. The fourth-order valence-corrected chi connectivity index (χ4v) is 1.91. The van der Waals surface area contributed by atoms with Crippen LogP contribution in [0.2, 0.25) is 5.02 Å². The highest BCUT2D eigenvalue weighted by Crippen LogP contribution is 2.25. The minimum Gasteiger partial charge on any atom is -0.256 e. The molecule has 1 saturated carbocycles. The number of benzene rings is 1. The van der Waals surface area contributed by atoms with Gasteiger partial charge in [0.15, 0.2) is 0 Å². The highest BCUT2D eigenvalue weighted by Gasteiger charge is 2.21. The molecule has 2 rings (SSSR count). The van der Waals surface area contributed by atoms with Crippen LogP contribution in [-0.4, -0.2) is 5.71 Å². The summed E-state index contributed by atoms with van der Waals surface area (Å²) < 4.78 is 0. The first-order valence-electron chi connectivity index (χ1n) is 5.02. The van der Waals surface area contributed by atoms with E-state index in [2.05, 4.69) is 11.1 Å². The maximum atomic E-state index is 8.91. The number of halogens is 1. The Morgan fingerprint density at radius 3 is 2.73 bits per heavy atom. The zero-order chi connectivity index (χ0) is 10.7. The summed E-state index contributed by atoms with van der Waals surface area (Å²) in [5.74, 6) is 0.0145. The molecule has 1 aliphatic carbocycles. The van der Waals surface area contributed by atoms with Crippen molar-refractivity contribution in [3.8, 4) is 6.07 Å². The number of nitriles is 1. The van der Waals surface area contributed by atoms with Gasteiger partial charge in [-0.25, -0.2) is 0 Å². The van der Waals surface area contributed by atoms with Crippen molar-refractivity contribution in [3.05, 3.63) is 29.3 Å². The van der Waals surface area contributed by atoms with E-state index in [0.717, 1.165) is 30.7 Å². The molecule has 0 N–H and O–H groups in total. The lowest BCUT2D eigenvalue weighted by Gasteiger charge is -2.01. The third-order valence-corrected chi connectivity index (χ3v) is 2.84. The third-order valence-electron chi connectivity index (χ3n) is 2.58. The van der Waals surface area contributed by atoms with Crippen molar-refractivity contribution in [2.75, 3.05) is 0 Å². The first-order chi connectivity index (χ1) is 7.29. The van der Waals surface area contributed by atoms with Crippen LogP contribution in [0.3, 0.4) is 0 Å². The molecule has 2 nitrogen and oxygen atoms in total. The van der Waals surface area contributed by atoms with E-state index in [1.807, 2.05) is 24.3 Å². The molecule has 0 aliphatic heterocycles. The van der Waals surface area contributed by atoms with Crippen molar-refractivity contribution in [1.82, 2.24) is 0 Å². The van der Waals surface area contributed by atoms with Gasteiger partial charge in [-0.05, 0) is 43.5 Å². The predicted octanol–water partition coefficient (Wildman–Crippen LogP) is 3.74. The second-order valence-corrected chi connectivity index (χ2v) is 4.09. The molecule has 1 unspecified atom stereocenters. The maximum absolute atomic E-state index is 8.91. The topological polar surface area (TPSA) is 36.1 Å². The van der Waals surface area contributed by atoms with Crippen molar-refractivity contribution in [2.45, 2.75) is 19.3 Å². The van der Waals surface area contributed by atoms with Gasteiger partial charge < -0.3 is 0 Å². The van der Waals surface area contributed by atoms with Gasteiger partial charge in [-0.15, -0.1) is 0 Å². The molecule has 0 spiro atoms. The fourth-order valence-electron chi connectivity index (χ4n) is 1.78. The zero-order valence-electron chi connectivity index (χ0n) is 8.28. The molecular weight excluding hydrogens is 208 g/mol. The van der Waals surface area contributed by atoms with Gasteiger partial charge in [0, 0.05) is 10.7 Å². The summed E-state index contributed by atoms with van der Waals surface area (Å²) in [5.41, 5.74) is 1.90. The molecule has 3 heteroatoms. The molecule has 1 atom stereocenters. The third kappa shape index (κ3) is 2.37. The standard InChI is InChI=1S/C12H11ClN2/c13-10-4-6-11(7-5-10)15-12-3-1-2-9(12)8-14/h4-7,9H,1-3H2. The number of hydrogen-bond donors (Lipinski definition) is 0. The Hall–Kier alpha value is -1.33. The van der Waals surface area contributed by atoms with Crippen LogP contribution in [0.5, 0.6) is 0 Å². The SMILES string of the molecule is N#CC1CCCC1=Nc1ccc(Cl)cc1. The van der Waals surface area contributed by atoms with Crippen molar-refractivity contribution in [3.63, 3.8) is 0 Å². The molecule has 1 fully saturated rings. The van der Waals surface area contributed by atoms with E-state index in [0.29, 0.717) is 5.02 Å². The molecule has 0 amide bonds. The Balaban J connectivity index is 2.23. The lowest BCUT2D eigenvalue weighted by atomic mass is 10.1. The summed E-state index contributed by atoms with van der Waals surface area (Å²) in [6.45, 7) is 0. The highest BCUT2D eigenvalue weighted by atomic mass is 35.5. The summed E-state index contributed by atoms with van der Waals surface area (Å²) in [6, 6.07) is 9.68. The molecular formula is C12H11ClN2.